The Bertz CT molecular complexity index is 800. The highest BCUT2D eigenvalue weighted by Gasteiger charge is 2.20. The lowest BCUT2D eigenvalue weighted by molar-refractivity contribution is 0.104. The average Bonchev–Trinajstić information content (AvgIpc) is 2.89. The molecule has 0 spiro atoms. The largest absolute Gasteiger partial charge is 0.288 e. The van der Waals surface area contributed by atoms with E-state index in [0.717, 1.165) is 5.52 Å². The molecule has 0 aliphatic heterocycles. The van der Waals surface area contributed by atoms with Crippen molar-refractivity contribution in [2.24, 2.45) is 0 Å². The topological polar surface area (TPSA) is 47.3 Å². The zero-order valence-corrected chi connectivity index (χ0v) is 11.6. The third kappa shape index (κ3) is 2.03. The molecule has 1 aromatic carbocycles. The Morgan fingerprint density at radius 3 is 2.67 bits per heavy atom. The van der Waals surface area contributed by atoms with Gasteiger partial charge in [-0.25, -0.2) is 4.52 Å². The summed E-state index contributed by atoms with van der Waals surface area (Å²) in [7, 11) is 0. The van der Waals surface area contributed by atoms with Gasteiger partial charge in [0.1, 0.15) is 0 Å². The molecule has 0 N–H and O–H groups in total. The first kappa shape index (κ1) is 12.3. The van der Waals surface area contributed by atoms with Crippen LogP contribution in [0.15, 0.2) is 49.1 Å². The van der Waals surface area contributed by atoms with Crippen molar-refractivity contribution in [1.29, 1.82) is 0 Å². The first-order chi connectivity index (χ1) is 10.3. The van der Waals surface area contributed by atoms with Gasteiger partial charge in [0.05, 0.1) is 23.5 Å². The summed E-state index contributed by atoms with van der Waals surface area (Å²) >= 11 is 0. The molecule has 4 nitrogen and oxygen atoms in total. The molecule has 1 aliphatic rings. The van der Waals surface area contributed by atoms with Crippen LogP contribution in [0.2, 0.25) is 0 Å². The summed E-state index contributed by atoms with van der Waals surface area (Å²) in [6.07, 6.45) is 10.5. The zero-order valence-electron chi connectivity index (χ0n) is 11.6. The second-order valence-corrected chi connectivity index (χ2v) is 5.54. The maximum atomic E-state index is 12.6. The molecular weight excluding hydrogens is 262 g/mol. The summed E-state index contributed by atoms with van der Waals surface area (Å²) in [5.74, 6) is 0.688. The quantitative estimate of drug-likeness (QED) is 0.690. The first-order valence-electron chi connectivity index (χ1n) is 7.25. The highest BCUT2D eigenvalue weighted by Crippen LogP contribution is 2.36. The van der Waals surface area contributed by atoms with Gasteiger partial charge in [0.15, 0.2) is 5.78 Å². The van der Waals surface area contributed by atoms with Gasteiger partial charge in [-0.05, 0) is 24.3 Å². The molecule has 1 fully saturated rings. The van der Waals surface area contributed by atoms with Crippen LogP contribution in [0.5, 0.6) is 0 Å². The molecule has 0 saturated heterocycles. The fourth-order valence-electron chi connectivity index (χ4n) is 2.81. The molecular formula is C17H15N3O. The second kappa shape index (κ2) is 4.81. The van der Waals surface area contributed by atoms with Crippen molar-refractivity contribution in [2.45, 2.75) is 25.2 Å². The van der Waals surface area contributed by atoms with E-state index in [9.17, 15) is 4.79 Å². The van der Waals surface area contributed by atoms with E-state index in [0.29, 0.717) is 17.0 Å². The van der Waals surface area contributed by atoms with Crippen LogP contribution >= 0.6 is 0 Å². The number of hydrogen-bond donors (Lipinski definition) is 0. The standard InChI is InChI=1S/C17H15N3O/c21-17(15-10-19-20-9-8-18-11-16(15)20)14-6-4-13(5-7-14)12-2-1-3-12/h4-12H,1-3H2. The minimum absolute atomic E-state index is 0.00170. The van der Waals surface area contributed by atoms with Gasteiger partial charge >= 0.3 is 0 Å². The molecule has 2 heterocycles. The predicted molar refractivity (Wildman–Crippen MR) is 79.5 cm³/mol. The zero-order chi connectivity index (χ0) is 14.2. The number of ketones is 1. The fraction of sp³-hybridized carbons (Fsp3) is 0.235. The Kier molecular flexibility index (Phi) is 2.81. The summed E-state index contributed by atoms with van der Waals surface area (Å²) in [5, 5.41) is 4.19. The third-order valence-corrected chi connectivity index (χ3v) is 4.32. The van der Waals surface area contributed by atoms with Gasteiger partial charge in [-0.3, -0.25) is 9.78 Å². The van der Waals surface area contributed by atoms with E-state index in [1.807, 2.05) is 12.1 Å². The Hall–Kier alpha value is -2.49. The fourth-order valence-corrected chi connectivity index (χ4v) is 2.81. The lowest BCUT2D eigenvalue weighted by atomic mass is 9.80. The van der Waals surface area contributed by atoms with Gasteiger partial charge < -0.3 is 0 Å². The number of aromatic nitrogens is 3. The average molecular weight is 277 g/mol. The Morgan fingerprint density at radius 2 is 1.95 bits per heavy atom. The lowest BCUT2D eigenvalue weighted by Crippen LogP contribution is -2.09. The van der Waals surface area contributed by atoms with E-state index in [2.05, 4.69) is 22.2 Å². The number of rotatable bonds is 3. The Morgan fingerprint density at radius 1 is 1.14 bits per heavy atom. The van der Waals surface area contributed by atoms with Gasteiger partial charge in [-0.15, -0.1) is 0 Å². The van der Waals surface area contributed by atoms with Crippen LogP contribution in [-0.4, -0.2) is 20.4 Å². The normalized spacial score (nSPS) is 15.0. The molecule has 4 rings (SSSR count). The number of hydrogen-bond acceptors (Lipinski definition) is 3. The molecule has 1 aliphatic carbocycles. The van der Waals surface area contributed by atoms with Crippen LogP contribution < -0.4 is 0 Å². The predicted octanol–water partition coefficient (Wildman–Crippen LogP) is 3.23. The molecule has 0 amide bonds. The van der Waals surface area contributed by atoms with Gasteiger partial charge in [0.2, 0.25) is 0 Å². The van der Waals surface area contributed by atoms with Crippen LogP contribution in [0.4, 0.5) is 0 Å². The summed E-state index contributed by atoms with van der Waals surface area (Å²) in [5.41, 5.74) is 3.39. The maximum absolute atomic E-state index is 12.6. The molecule has 1 saturated carbocycles. The number of fused-ring (bicyclic) bond motifs is 1. The van der Waals surface area contributed by atoms with Gasteiger partial charge in [-0.1, -0.05) is 30.7 Å². The number of nitrogens with zero attached hydrogens (tertiary/aromatic N) is 3. The molecule has 3 aromatic rings. The smallest absolute Gasteiger partial charge is 0.196 e. The van der Waals surface area contributed by atoms with Crippen LogP contribution in [-0.2, 0) is 0 Å². The number of carbonyl (C=O) groups is 1. The summed E-state index contributed by atoms with van der Waals surface area (Å²) in [6.45, 7) is 0. The minimum atomic E-state index is -0.00170. The first-order valence-corrected chi connectivity index (χ1v) is 7.25. The molecule has 2 aromatic heterocycles. The molecule has 0 bridgehead atoms. The van der Waals surface area contributed by atoms with E-state index in [-0.39, 0.29) is 5.78 Å². The van der Waals surface area contributed by atoms with Crippen LogP contribution in [0.25, 0.3) is 5.52 Å². The molecule has 104 valence electrons. The van der Waals surface area contributed by atoms with E-state index < -0.39 is 0 Å². The Balaban J connectivity index is 1.67. The van der Waals surface area contributed by atoms with Crippen molar-refractivity contribution in [3.8, 4) is 0 Å². The SMILES string of the molecule is O=C(c1ccc(C2CCC2)cc1)c1cnn2ccncc12. The third-order valence-electron chi connectivity index (χ3n) is 4.32. The maximum Gasteiger partial charge on any atom is 0.196 e. The van der Waals surface area contributed by atoms with E-state index in [4.69, 9.17) is 0 Å². The molecule has 0 atom stereocenters. The van der Waals surface area contributed by atoms with Gasteiger partial charge in [0.25, 0.3) is 0 Å². The summed E-state index contributed by atoms with van der Waals surface area (Å²) in [4.78, 5) is 16.7. The van der Waals surface area contributed by atoms with Crippen molar-refractivity contribution in [2.75, 3.05) is 0 Å². The van der Waals surface area contributed by atoms with Crippen LogP contribution in [0.3, 0.4) is 0 Å². The van der Waals surface area contributed by atoms with Crippen LogP contribution in [0, 0.1) is 0 Å². The minimum Gasteiger partial charge on any atom is -0.288 e. The number of benzene rings is 1. The van der Waals surface area contributed by atoms with Crippen LogP contribution in [0.1, 0.15) is 46.7 Å². The molecule has 0 radical (unpaired) electrons. The second-order valence-electron chi connectivity index (χ2n) is 5.54. The van der Waals surface area contributed by atoms with E-state index >= 15 is 0 Å². The van der Waals surface area contributed by atoms with Crippen molar-refractivity contribution < 1.29 is 4.79 Å². The molecule has 4 heteroatoms. The Labute approximate surface area is 122 Å². The summed E-state index contributed by atoms with van der Waals surface area (Å²) in [6, 6.07) is 8.02. The van der Waals surface area contributed by atoms with Crippen molar-refractivity contribution in [3.63, 3.8) is 0 Å². The van der Waals surface area contributed by atoms with Crippen molar-refractivity contribution in [3.05, 3.63) is 65.7 Å². The highest BCUT2D eigenvalue weighted by atomic mass is 16.1. The van der Waals surface area contributed by atoms with Gasteiger partial charge in [0, 0.05) is 18.0 Å². The van der Waals surface area contributed by atoms with Crippen molar-refractivity contribution >= 4 is 11.3 Å². The highest BCUT2D eigenvalue weighted by molar-refractivity contribution is 6.12. The summed E-state index contributed by atoms with van der Waals surface area (Å²) < 4.78 is 1.67. The lowest BCUT2D eigenvalue weighted by Gasteiger charge is -2.25. The number of carbonyl (C=O) groups excluding carboxylic acids is 1. The van der Waals surface area contributed by atoms with E-state index in [1.165, 1.54) is 24.8 Å². The molecule has 21 heavy (non-hydrogen) atoms. The van der Waals surface area contributed by atoms with Gasteiger partial charge in [-0.2, -0.15) is 5.10 Å². The van der Waals surface area contributed by atoms with E-state index in [1.54, 1.807) is 29.3 Å². The molecule has 0 unspecified atom stereocenters. The monoisotopic (exact) mass is 277 g/mol. The van der Waals surface area contributed by atoms with Crippen molar-refractivity contribution in [1.82, 2.24) is 14.6 Å².